The Bertz CT molecular complexity index is 1200. The van der Waals surface area contributed by atoms with E-state index in [0.717, 1.165) is 21.9 Å². The van der Waals surface area contributed by atoms with Gasteiger partial charge in [0.15, 0.2) is 9.84 Å². The molecule has 2 aromatic carbocycles. The van der Waals surface area contributed by atoms with Crippen LogP contribution in [-0.4, -0.2) is 39.9 Å². The van der Waals surface area contributed by atoms with E-state index in [1.807, 2.05) is 0 Å². The van der Waals surface area contributed by atoms with Crippen LogP contribution in [-0.2, 0) is 21.2 Å². The first-order chi connectivity index (χ1) is 14.2. The van der Waals surface area contributed by atoms with Gasteiger partial charge in [0.1, 0.15) is 0 Å². The molecular formula is C19H18ClN3O6S. The van der Waals surface area contributed by atoms with E-state index in [-0.39, 0.29) is 4.90 Å². The Kier molecular flexibility index (Phi) is 6.30. The van der Waals surface area contributed by atoms with Gasteiger partial charge in [-0.3, -0.25) is 14.6 Å². The van der Waals surface area contributed by atoms with Crippen LogP contribution >= 0.6 is 11.6 Å². The molecule has 0 saturated heterocycles. The van der Waals surface area contributed by atoms with Gasteiger partial charge in [-0.15, -0.1) is 0 Å². The molecule has 1 unspecified atom stereocenters. The highest BCUT2D eigenvalue weighted by molar-refractivity contribution is 7.91. The number of carbonyl (C=O) groups is 1. The summed E-state index contributed by atoms with van der Waals surface area (Å²) in [5.74, 6) is -3.46. The van der Waals surface area contributed by atoms with Crippen LogP contribution in [0.1, 0.15) is 0 Å². The fourth-order valence-corrected chi connectivity index (χ4v) is 4.60. The number of hydroxylamine groups is 1. The van der Waals surface area contributed by atoms with Crippen molar-refractivity contribution in [2.24, 2.45) is 5.92 Å². The van der Waals surface area contributed by atoms with E-state index in [0.29, 0.717) is 5.02 Å². The predicted molar refractivity (Wildman–Crippen MR) is 109 cm³/mol. The first-order valence-corrected chi connectivity index (χ1v) is 10.7. The van der Waals surface area contributed by atoms with Crippen LogP contribution in [0.15, 0.2) is 64.4 Å². The molecule has 3 aromatic rings. The molecule has 11 heteroatoms. The number of imidazole rings is 1. The molecule has 0 radical (unpaired) electrons. The van der Waals surface area contributed by atoms with E-state index in [1.165, 1.54) is 17.6 Å². The van der Waals surface area contributed by atoms with Gasteiger partial charge in [-0.1, -0.05) is 35.9 Å². The summed E-state index contributed by atoms with van der Waals surface area (Å²) in [4.78, 5) is 25.9. The Morgan fingerprint density at radius 3 is 2.17 bits per heavy atom. The summed E-state index contributed by atoms with van der Waals surface area (Å²) < 4.78 is 26.4. The van der Waals surface area contributed by atoms with Crippen molar-refractivity contribution in [3.63, 3.8) is 0 Å². The van der Waals surface area contributed by atoms with Crippen LogP contribution in [0.4, 0.5) is 0 Å². The minimum Gasteiger partial charge on any atom is -0.493 e. The number of hydrogen-bond donors (Lipinski definition) is 4. The van der Waals surface area contributed by atoms with Gasteiger partial charge >= 0.3 is 5.69 Å². The Morgan fingerprint density at radius 1 is 1.10 bits per heavy atom. The maximum atomic E-state index is 12.8. The summed E-state index contributed by atoms with van der Waals surface area (Å²) in [5.41, 5.74) is 2.32. The highest BCUT2D eigenvalue weighted by atomic mass is 35.5. The largest absolute Gasteiger partial charge is 0.493 e. The summed E-state index contributed by atoms with van der Waals surface area (Å²) in [6.07, 6.45) is 1.01. The number of aromatic nitrogens is 2. The monoisotopic (exact) mass is 451 g/mol. The second-order valence-corrected chi connectivity index (χ2v) is 9.02. The third-order valence-corrected chi connectivity index (χ3v) is 6.63. The number of aromatic hydroxyl groups is 1. The van der Waals surface area contributed by atoms with Crippen LogP contribution in [0.5, 0.6) is 5.88 Å². The van der Waals surface area contributed by atoms with E-state index >= 15 is 0 Å². The lowest BCUT2D eigenvalue weighted by atomic mass is 10.1. The lowest BCUT2D eigenvalue weighted by Crippen LogP contribution is -2.37. The molecule has 0 spiro atoms. The van der Waals surface area contributed by atoms with Gasteiger partial charge in [-0.05, 0) is 35.4 Å². The van der Waals surface area contributed by atoms with Crippen molar-refractivity contribution in [1.82, 2.24) is 15.0 Å². The molecule has 1 heterocycles. The quantitative estimate of drug-likeness (QED) is 0.319. The molecule has 4 N–H and O–H groups in total. The third kappa shape index (κ3) is 4.73. The van der Waals surface area contributed by atoms with Crippen LogP contribution in [0.3, 0.4) is 0 Å². The molecule has 0 aliphatic carbocycles. The van der Waals surface area contributed by atoms with Gasteiger partial charge in [-0.25, -0.2) is 18.7 Å². The fourth-order valence-electron chi connectivity index (χ4n) is 2.94. The van der Waals surface area contributed by atoms with Crippen LogP contribution in [0, 0.1) is 5.92 Å². The number of benzene rings is 2. The Labute approximate surface area is 176 Å². The Morgan fingerprint density at radius 2 is 1.67 bits per heavy atom. The number of sulfone groups is 1. The molecule has 0 aliphatic heterocycles. The highest BCUT2D eigenvalue weighted by Crippen LogP contribution is 2.24. The minimum absolute atomic E-state index is 0.0263. The molecule has 30 heavy (non-hydrogen) atoms. The summed E-state index contributed by atoms with van der Waals surface area (Å²) in [6.45, 7) is -0.442. The average molecular weight is 452 g/mol. The zero-order chi connectivity index (χ0) is 21.9. The first kappa shape index (κ1) is 21.6. The lowest BCUT2D eigenvalue weighted by molar-refractivity contribution is -0.133. The number of H-pyrrole nitrogens is 1. The second-order valence-electron chi connectivity index (χ2n) is 6.55. The van der Waals surface area contributed by atoms with Crippen molar-refractivity contribution >= 4 is 27.3 Å². The SMILES string of the molecule is O=C(NO)C(Cn1c(O)c[nH]c1=O)CS(=O)(=O)c1ccc(-c2ccc(Cl)cc2)cc1. The number of halogens is 1. The van der Waals surface area contributed by atoms with Crippen molar-refractivity contribution < 1.29 is 23.5 Å². The zero-order valence-corrected chi connectivity index (χ0v) is 17.0. The molecule has 1 atom stereocenters. The summed E-state index contributed by atoms with van der Waals surface area (Å²) >= 11 is 5.87. The second kappa shape index (κ2) is 8.74. The Balaban J connectivity index is 1.84. The molecule has 1 amide bonds. The standard InChI is InChI=1S/C19H18ClN3O6S/c20-15-5-1-12(2-6-15)13-3-7-16(8-4-13)30(28,29)11-14(18(25)22-27)10-23-17(24)9-21-19(23)26/h1-9,14,24,27H,10-11H2,(H,21,26)(H,22,25). The van der Waals surface area contributed by atoms with Crippen LogP contribution in [0.2, 0.25) is 5.02 Å². The maximum absolute atomic E-state index is 12.8. The van der Waals surface area contributed by atoms with Crippen molar-refractivity contribution in [2.75, 3.05) is 5.75 Å². The minimum atomic E-state index is -3.95. The zero-order valence-electron chi connectivity index (χ0n) is 15.4. The number of carbonyl (C=O) groups excluding carboxylic acids is 1. The maximum Gasteiger partial charge on any atom is 0.328 e. The molecule has 0 saturated carbocycles. The third-order valence-electron chi connectivity index (χ3n) is 4.54. The van der Waals surface area contributed by atoms with Crippen molar-refractivity contribution in [3.05, 3.63) is 70.2 Å². The normalized spacial score (nSPS) is 12.5. The van der Waals surface area contributed by atoms with E-state index in [2.05, 4.69) is 4.98 Å². The molecule has 0 bridgehead atoms. The molecule has 158 valence electrons. The smallest absolute Gasteiger partial charge is 0.328 e. The molecule has 0 aliphatic rings. The van der Waals surface area contributed by atoms with E-state index in [1.54, 1.807) is 36.4 Å². The number of aromatic amines is 1. The Hall–Kier alpha value is -3.08. The number of rotatable bonds is 7. The number of nitrogens with zero attached hydrogens (tertiary/aromatic N) is 1. The average Bonchev–Trinajstić information content (AvgIpc) is 3.05. The van der Waals surface area contributed by atoms with Gasteiger partial charge in [0.05, 0.1) is 22.8 Å². The van der Waals surface area contributed by atoms with Gasteiger partial charge in [0, 0.05) is 11.6 Å². The number of amides is 1. The van der Waals surface area contributed by atoms with Crippen LogP contribution < -0.4 is 11.2 Å². The highest BCUT2D eigenvalue weighted by Gasteiger charge is 2.28. The van der Waals surface area contributed by atoms with E-state index in [9.17, 15) is 23.1 Å². The topological polar surface area (TPSA) is 141 Å². The van der Waals surface area contributed by atoms with E-state index < -0.39 is 45.5 Å². The van der Waals surface area contributed by atoms with Crippen molar-refractivity contribution in [2.45, 2.75) is 11.4 Å². The summed E-state index contributed by atoms with van der Waals surface area (Å²) in [6, 6.07) is 13.1. The number of hydrogen-bond acceptors (Lipinski definition) is 6. The first-order valence-electron chi connectivity index (χ1n) is 8.71. The van der Waals surface area contributed by atoms with Crippen molar-refractivity contribution in [3.8, 4) is 17.0 Å². The summed E-state index contributed by atoms with van der Waals surface area (Å²) in [5, 5.41) is 19.2. The molecule has 1 aromatic heterocycles. The van der Waals surface area contributed by atoms with Gasteiger partial charge in [0.25, 0.3) is 0 Å². The van der Waals surface area contributed by atoms with Gasteiger partial charge in [0.2, 0.25) is 11.8 Å². The fraction of sp³-hybridized carbons (Fsp3) is 0.158. The molecule has 3 rings (SSSR count). The van der Waals surface area contributed by atoms with Crippen LogP contribution in [0.25, 0.3) is 11.1 Å². The van der Waals surface area contributed by atoms with Gasteiger partial charge < -0.3 is 10.1 Å². The number of nitrogens with one attached hydrogen (secondary N) is 2. The predicted octanol–water partition coefficient (Wildman–Crippen LogP) is 1.80. The van der Waals surface area contributed by atoms with Gasteiger partial charge in [-0.2, -0.15) is 0 Å². The summed E-state index contributed by atoms with van der Waals surface area (Å²) in [7, 11) is -3.95. The molecule has 9 nitrogen and oxygen atoms in total. The molecule has 0 fully saturated rings. The lowest BCUT2D eigenvalue weighted by Gasteiger charge is -2.16. The molecular weight excluding hydrogens is 434 g/mol. The van der Waals surface area contributed by atoms with Crippen molar-refractivity contribution in [1.29, 1.82) is 0 Å². The van der Waals surface area contributed by atoms with E-state index in [4.69, 9.17) is 16.8 Å².